The van der Waals surface area contributed by atoms with Crippen LogP contribution in [-0.2, 0) is 4.79 Å². The number of carboxylic acid groups (broad SMARTS) is 1. The molecule has 0 spiro atoms. The second kappa shape index (κ2) is 4.58. The summed E-state index contributed by atoms with van der Waals surface area (Å²) < 4.78 is 0. The molecule has 1 aliphatic heterocycles. The van der Waals surface area contributed by atoms with Gasteiger partial charge in [0.2, 0.25) is 0 Å². The van der Waals surface area contributed by atoms with Crippen LogP contribution in [0, 0.1) is 0 Å². The van der Waals surface area contributed by atoms with Crippen LogP contribution in [0.5, 0.6) is 0 Å². The van der Waals surface area contributed by atoms with Gasteiger partial charge in [-0.3, -0.25) is 9.69 Å². The number of hydrogen-bond acceptors (Lipinski definition) is 3. The molecule has 0 aromatic carbocycles. The van der Waals surface area contributed by atoms with E-state index in [1.165, 1.54) is 0 Å². The number of hydrogen-bond donors (Lipinski definition) is 2. The van der Waals surface area contributed by atoms with Crippen molar-refractivity contribution in [1.82, 2.24) is 4.90 Å². The van der Waals surface area contributed by atoms with E-state index in [1.54, 1.807) is 0 Å². The topological polar surface area (TPSA) is 66.6 Å². The first-order valence-electron chi connectivity index (χ1n) is 4.82. The van der Waals surface area contributed by atoms with E-state index in [0.717, 1.165) is 19.4 Å². The monoisotopic (exact) mass is 186 g/mol. The zero-order valence-corrected chi connectivity index (χ0v) is 8.07. The highest BCUT2D eigenvalue weighted by Gasteiger charge is 2.28. The van der Waals surface area contributed by atoms with Crippen molar-refractivity contribution < 1.29 is 9.90 Å². The molecule has 2 unspecified atom stereocenters. The summed E-state index contributed by atoms with van der Waals surface area (Å²) in [5.41, 5.74) is 5.60. The number of nitrogens with zero attached hydrogens (tertiary/aromatic N) is 1. The van der Waals surface area contributed by atoms with Crippen molar-refractivity contribution in [3.05, 3.63) is 0 Å². The summed E-state index contributed by atoms with van der Waals surface area (Å²) in [6.45, 7) is 3.60. The fourth-order valence-electron chi connectivity index (χ4n) is 2.06. The Bertz CT molecular complexity index is 184. The normalized spacial score (nSPS) is 26.2. The zero-order valence-electron chi connectivity index (χ0n) is 8.07. The maximum absolute atomic E-state index is 10.5. The van der Waals surface area contributed by atoms with Crippen molar-refractivity contribution in [2.75, 3.05) is 13.1 Å². The molecule has 1 saturated heterocycles. The van der Waals surface area contributed by atoms with Gasteiger partial charge in [-0.1, -0.05) is 0 Å². The van der Waals surface area contributed by atoms with Gasteiger partial charge in [-0.25, -0.2) is 0 Å². The van der Waals surface area contributed by atoms with Crippen LogP contribution in [-0.4, -0.2) is 41.1 Å². The first-order valence-corrected chi connectivity index (χ1v) is 4.82. The molecule has 4 heteroatoms. The van der Waals surface area contributed by atoms with E-state index in [1.807, 2.05) is 6.92 Å². The van der Waals surface area contributed by atoms with Gasteiger partial charge in [-0.05, 0) is 26.3 Å². The highest BCUT2D eigenvalue weighted by Crippen LogP contribution is 2.20. The molecule has 2 atom stereocenters. The lowest BCUT2D eigenvalue weighted by molar-refractivity contribution is -0.138. The van der Waals surface area contributed by atoms with Crippen LogP contribution in [0.3, 0.4) is 0 Å². The Kier molecular flexibility index (Phi) is 3.69. The number of nitrogens with two attached hydrogens (primary N) is 1. The van der Waals surface area contributed by atoms with Gasteiger partial charge >= 0.3 is 5.97 Å². The summed E-state index contributed by atoms with van der Waals surface area (Å²) in [6.07, 6.45) is 2.47. The molecule has 0 amide bonds. The van der Waals surface area contributed by atoms with Crippen molar-refractivity contribution >= 4 is 5.97 Å². The molecule has 4 nitrogen and oxygen atoms in total. The first-order chi connectivity index (χ1) is 6.15. The summed E-state index contributed by atoms with van der Waals surface area (Å²) >= 11 is 0. The minimum atomic E-state index is -0.727. The summed E-state index contributed by atoms with van der Waals surface area (Å²) in [7, 11) is 0. The Morgan fingerprint density at radius 2 is 2.46 bits per heavy atom. The van der Waals surface area contributed by atoms with Crippen molar-refractivity contribution in [2.45, 2.75) is 38.3 Å². The molecule has 76 valence electrons. The SMILES string of the molecule is CC(CC(=O)O)N1CCCC1CN. The third-order valence-corrected chi connectivity index (χ3v) is 2.73. The second-order valence-electron chi connectivity index (χ2n) is 3.72. The first kappa shape index (κ1) is 10.5. The standard InChI is InChI=1S/C9H18N2O2/c1-7(5-9(12)13)11-4-2-3-8(11)6-10/h7-8H,2-6,10H2,1H3,(H,12,13). The smallest absolute Gasteiger partial charge is 0.304 e. The van der Waals surface area contributed by atoms with Crippen molar-refractivity contribution in [3.63, 3.8) is 0 Å². The Morgan fingerprint density at radius 3 is 3.00 bits per heavy atom. The lowest BCUT2D eigenvalue weighted by Gasteiger charge is -2.28. The molecule has 0 aliphatic carbocycles. The summed E-state index contributed by atoms with van der Waals surface area (Å²) in [6, 6.07) is 0.517. The van der Waals surface area contributed by atoms with Crippen LogP contribution in [0.1, 0.15) is 26.2 Å². The lowest BCUT2D eigenvalue weighted by atomic mass is 10.1. The molecule has 1 aliphatic rings. The Hall–Kier alpha value is -0.610. The van der Waals surface area contributed by atoms with Gasteiger partial charge in [-0.2, -0.15) is 0 Å². The average molecular weight is 186 g/mol. The third kappa shape index (κ3) is 2.67. The van der Waals surface area contributed by atoms with Crippen molar-refractivity contribution in [2.24, 2.45) is 5.73 Å². The van der Waals surface area contributed by atoms with Crippen LogP contribution in [0.15, 0.2) is 0 Å². The number of likely N-dealkylation sites (tertiary alicyclic amines) is 1. The fourth-order valence-corrected chi connectivity index (χ4v) is 2.06. The van der Waals surface area contributed by atoms with E-state index >= 15 is 0 Å². The number of carboxylic acids is 1. The van der Waals surface area contributed by atoms with Gasteiger partial charge in [0.25, 0.3) is 0 Å². The maximum atomic E-state index is 10.5. The molecule has 0 bridgehead atoms. The van der Waals surface area contributed by atoms with E-state index in [0.29, 0.717) is 12.6 Å². The zero-order chi connectivity index (χ0) is 9.84. The molecule has 1 heterocycles. The van der Waals surface area contributed by atoms with Crippen molar-refractivity contribution in [3.8, 4) is 0 Å². The van der Waals surface area contributed by atoms with Gasteiger partial charge in [0.1, 0.15) is 0 Å². The van der Waals surface area contributed by atoms with E-state index in [2.05, 4.69) is 4.90 Å². The fraction of sp³-hybridized carbons (Fsp3) is 0.889. The largest absolute Gasteiger partial charge is 0.481 e. The molecule has 1 fully saturated rings. The van der Waals surface area contributed by atoms with Gasteiger partial charge in [-0.15, -0.1) is 0 Å². The van der Waals surface area contributed by atoms with Gasteiger partial charge in [0.05, 0.1) is 6.42 Å². The highest BCUT2D eigenvalue weighted by molar-refractivity contribution is 5.67. The molecule has 0 saturated carbocycles. The Balaban J connectivity index is 2.44. The van der Waals surface area contributed by atoms with Gasteiger partial charge < -0.3 is 10.8 Å². The van der Waals surface area contributed by atoms with Gasteiger partial charge in [0.15, 0.2) is 0 Å². The Morgan fingerprint density at radius 1 is 1.77 bits per heavy atom. The van der Waals surface area contributed by atoms with Gasteiger partial charge in [0, 0.05) is 18.6 Å². The minimum absolute atomic E-state index is 0.119. The predicted molar refractivity (Wildman–Crippen MR) is 50.5 cm³/mol. The summed E-state index contributed by atoms with van der Waals surface area (Å²) in [5.74, 6) is -0.727. The van der Waals surface area contributed by atoms with E-state index in [4.69, 9.17) is 10.8 Å². The molecular formula is C9H18N2O2. The molecule has 0 radical (unpaired) electrons. The maximum Gasteiger partial charge on any atom is 0.304 e. The molecule has 0 aromatic heterocycles. The van der Waals surface area contributed by atoms with Crippen LogP contribution in [0.4, 0.5) is 0 Å². The second-order valence-corrected chi connectivity index (χ2v) is 3.72. The third-order valence-electron chi connectivity index (χ3n) is 2.73. The number of rotatable bonds is 4. The highest BCUT2D eigenvalue weighted by atomic mass is 16.4. The van der Waals surface area contributed by atoms with Crippen LogP contribution < -0.4 is 5.73 Å². The quantitative estimate of drug-likeness (QED) is 0.661. The molecule has 3 N–H and O–H groups in total. The molecule has 13 heavy (non-hydrogen) atoms. The lowest BCUT2D eigenvalue weighted by Crippen LogP contribution is -2.42. The van der Waals surface area contributed by atoms with Crippen molar-refractivity contribution in [1.29, 1.82) is 0 Å². The Labute approximate surface area is 78.7 Å². The van der Waals surface area contributed by atoms with Crippen LogP contribution in [0.2, 0.25) is 0 Å². The summed E-state index contributed by atoms with van der Waals surface area (Å²) in [4.78, 5) is 12.7. The molecule has 1 rings (SSSR count). The minimum Gasteiger partial charge on any atom is -0.481 e. The number of aliphatic carboxylic acids is 1. The molecular weight excluding hydrogens is 168 g/mol. The summed E-state index contributed by atoms with van der Waals surface area (Å²) in [5, 5.41) is 8.65. The van der Waals surface area contributed by atoms with E-state index in [9.17, 15) is 4.79 Å². The van der Waals surface area contributed by atoms with Crippen LogP contribution >= 0.6 is 0 Å². The number of carbonyl (C=O) groups is 1. The van der Waals surface area contributed by atoms with E-state index < -0.39 is 5.97 Å². The molecule has 0 aromatic rings. The van der Waals surface area contributed by atoms with Crippen LogP contribution in [0.25, 0.3) is 0 Å². The predicted octanol–water partition coefficient (Wildman–Crippen LogP) is 0.273. The average Bonchev–Trinajstić information content (AvgIpc) is 2.49. The van der Waals surface area contributed by atoms with E-state index in [-0.39, 0.29) is 12.5 Å².